The molecule has 12 nitrogen and oxygen atoms in total. The molecule has 0 atom stereocenters. The van der Waals surface area contributed by atoms with Gasteiger partial charge in [0.25, 0.3) is 17.7 Å². The first-order chi connectivity index (χ1) is 20.2. The van der Waals surface area contributed by atoms with E-state index in [1.807, 2.05) is 14.1 Å². The highest BCUT2D eigenvalue weighted by Gasteiger charge is 3.11. The molecule has 0 bridgehead atoms. The number of anilines is 1. The van der Waals surface area contributed by atoms with Gasteiger partial charge in [-0.25, -0.2) is 13.9 Å². The number of carbonyl (C=O) groups is 4. The topological polar surface area (TPSA) is 147 Å². The lowest BCUT2D eigenvalue weighted by Gasteiger charge is -3.10. The number of benzene rings is 1. The van der Waals surface area contributed by atoms with Crippen LogP contribution in [0.3, 0.4) is 0 Å². The van der Waals surface area contributed by atoms with Crippen LogP contribution in [0.5, 0.6) is 5.75 Å². The van der Waals surface area contributed by atoms with Crippen molar-refractivity contribution in [1.82, 2.24) is 30.1 Å². The summed E-state index contributed by atoms with van der Waals surface area (Å²) in [4.78, 5) is 56.8. The molecule has 10 rings (SSSR count). The lowest BCUT2D eigenvalue weighted by atomic mass is 8.92. The van der Waals surface area contributed by atoms with Crippen LogP contribution in [0.15, 0.2) is 30.5 Å². The summed E-state index contributed by atoms with van der Waals surface area (Å²) in [5, 5.41) is 12.5. The van der Waals surface area contributed by atoms with Gasteiger partial charge < -0.3 is 25.6 Å². The quantitative estimate of drug-likeness (QED) is 0.378. The number of amides is 4. The molecule has 0 spiro atoms. The summed E-state index contributed by atoms with van der Waals surface area (Å²) in [5.41, 5.74) is 0.828. The first-order valence-electron chi connectivity index (χ1n) is 14.1. The van der Waals surface area contributed by atoms with E-state index in [4.69, 9.17) is 4.74 Å². The maximum Gasteiger partial charge on any atom is 0.270 e. The predicted octanol–water partition coefficient (Wildman–Crippen LogP) is 0.685. The molecule has 1 aromatic carbocycles. The number of rotatable bonds is 7. The van der Waals surface area contributed by atoms with Crippen molar-refractivity contribution < 1.29 is 28.3 Å². The Morgan fingerprint density at radius 2 is 1.83 bits per heavy atom. The van der Waals surface area contributed by atoms with Crippen LogP contribution >= 0.6 is 0 Å². The standard InChI is InChI=1S/C29H26FN7O5/c1-36(2)27(41)29-21-18-22(29)20-23(29)19(21)28(18,20)10-32-26(40)15-6-14(35-24-12(30)8-33-37(15)24)25(39)31-7-11-3-4-16-13(5-11)34-17(38)9-42-16/h3-6,8,18-23H,7,9-10H2,1-2H3,(H,31,39)(H,32,40)(H,34,38). The molecule has 2 aromatic heterocycles. The monoisotopic (exact) mass is 571 g/mol. The molecule has 1 aliphatic heterocycles. The van der Waals surface area contributed by atoms with Crippen molar-refractivity contribution in [3.8, 4) is 5.75 Å². The van der Waals surface area contributed by atoms with Crippen molar-refractivity contribution in [2.75, 3.05) is 32.6 Å². The Morgan fingerprint density at radius 1 is 1.10 bits per heavy atom. The van der Waals surface area contributed by atoms with Gasteiger partial charge in [0.1, 0.15) is 17.1 Å². The summed E-state index contributed by atoms with van der Waals surface area (Å²) in [7, 11) is 3.65. The number of hydrogen-bond donors (Lipinski definition) is 3. The molecule has 6 fully saturated rings. The van der Waals surface area contributed by atoms with Crippen LogP contribution in [0.1, 0.15) is 26.5 Å². The van der Waals surface area contributed by atoms with Gasteiger partial charge in [0, 0.05) is 33.3 Å². The minimum absolute atomic E-state index is 0.0128. The highest BCUT2D eigenvalue weighted by Crippen LogP contribution is 3.10. The fraction of sp³-hybridized carbons (Fsp3) is 0.448. The first-order valence-corrected chi connectivity index (χ1v) is 14.1. The van der Waals surface area contributed by atoms with Gasteiger partial charge in [0.05, 0.1) is 17.3 Å². The Bertz CT molecular complexity index is 1760. The summed E-state index contributed by atoms with van der Waals surface area (Å²) in [6, 6.07) is 6.47. The number of fused-ring (bicyclic) bond motifs is 2. The maximum absolute atomic E-state index is 14.6. The zero-order valence-electron chi connectivity index (χ0n) is 22.7. The minimum atomic E-state index is -0.749. The van der Waals surface area contributed by atoms with Crippen LogP contribution in [-0.2, 0) is 16.1 Å². The predicted molar refractivity (Wildman–Crippen MR) is 142 cm³/mol. The minimum Gasteiger partial charge on any atom is -0.482 e. The zero-order chi connectivity index (χ0) is 28.9. The highest BCUT2D eigenvalue weighted by atomic mass is 19.1. The maximum atomic E-state index is 14.6. The van der Waals surface area contributed by atoms with Gasteiger partial charge >= 0.3 is 0 Å². The van der Waals surface area contributed by atoms with Crippen molar-refractivity contribution in [1.29, 1.82) is 0 Å². The summed E-state index contributed by atoms with van der Waals surface area (Å²) < 4.78 is 21.0. The van der Waals surface area contributed by atoms with Gasteiger partial charge in [-0.3, -0.25) is 19.2 Å². The van der Waals surface area contributed by atoms with Crippen molar-refractivity contribution >= 4 is 35.0 Å². The number of nitrogens with one attached hydrogen (secondary N) is 3. The van der Waals surface area contributed by atoms with E-state index in [0.29, 0.717) is 59.1 Å². The zero-order valence-corrected chi connectivity index (χ0v) is 22.7. The first kappa shape index (κ1) is 24.1. The van der Waals surface area contributed by atoms with Crippen LogP contribution in [0.2, 0.25) is 0 Å². The number of nitrogens with zero attached hydrogens (tertiary/aromatic N) is 4. The molecule has 7 aliphatic rings. The molecule has 0 unspecified atom stereocenters. The number of ether oxygens (including phenoxy) is 1. The van der Waals surface area contributed by atoms with Crippen LogP contribution in [0.25, 0.3) is 5.65 Å². The molecule has 6 saturated carbocycles. The van der Waals surface area contributed by atoms with E-state index in [2.05, 4.69) is 26.0 Å². The summed E-state index contributed by atoms with van der Waals surface area (Å²) in [6.07, 6.45) is 0.962. The van der Waals surface area contributed by atoms with E-state index >= 15 is 0 Å². The molecular weight excluding hydrogens is 545 g/mol. The Labute approximate surface area is 238 Å². The Balaban J connectivity index is 0.909. The summed E-state index contributed by atoms with van der Waals surface area (Å²) in [6.45, 7) is 0.544. The van der Waals surface area contributed by atoms with E-state index in [0.717, 1.165) is 10.7 Å². The van der Waals surface area contributed by atoms with Crippen molar-refractivity contribution in [2.24, 2.45) is 46.3 Å². The molecule has 3 aromatic rings. The molecular formula is C29H26FN7O5. The Hall–Kier alpha value is -4.55. The van der Waals surface area contributed by atoms with E-state index in [1.54, 1.807) is 23.1 Å². The lowest BCUT2D eigenvalue weighted by Crippen LogP contribution is -3.12. The smallest absolute Gasteiger partial charge is 0.270 e. The third kappa shape index (κ3) is 2.43. The number of aromatic nitrogens is 3. The fourth-order valence-corrected chi connectivity index (χ4v) is 9.97. The highest BCUT2D eigenvalue weighted by molar-refractivity contribution is 5.99. The molecule has 6 aliphatic carbocycles. The van der Waals surface area contributed by atoms with Gasteiger partial charge in [-0.1, -0.05) is 6.07 Å². The molecule has 214 valence electrons. The van der Waals surface area contributed by atoms with Crippen LogP contribution in [-0.4, -0.2) is 70.4 Å². The second-order valence-electron chi connectivity index (χ2n) is 12.7. The molecule has 3 heterocycles. The van der Waals surface area contributed by atoms with Crippen molar-refractivity contribution in [3.63, 3.8) is 0 Å². The molecule has 0 radical (unpaired) electrons. The molecule has 3 N–H and O–H groups in total. The van der Waals surface area contributed by atoms with Crippen molar-refractivity contribution in [2.45, 2.75) is 6.54 Å². The van der Waals surface area contributed by atoms with E-state index in [1.165, 1.54) is 6.07 Å². The van der Waals surface area contributed by atoms with Crippen LogP contribution in [0, 0.1) is 52.2 Å². The van der Waals surface area contributed by atoms with Crippen LogP contribution in [0.4, 0.5) is 10.1 Å². The summed E-state index contributed by atoms with van der Waals surface area (Å²) in [5.74, 6) is 1.56. The van der Waals surface area contributed by atoms with Gasteiger partial charge in [0.2, 0.25) is 5.91 Å². The average Bonchev–Trinajstić information content (AvgIpc) is 3.37. The van der Waals surface area contributed by atoms with E-state index in [-0.39, 0.29) is 52.8 Å². The van der Waals surface area contributed by atoms with Gasteiger partial charge in [-0.05, 0) is 58.6 Å². The third-order valence-electron chi connectivity index (χ3n) is 11.2. The van der Waals surface area contributed by atoms with E-state index < -0.39 is 17.6 Å². The number of hydrogen-bond acceptors (Lipinski definition) is 7. The molecule has 13 heteroatoms. The number of halogens is 1. The normalized spacial score (nSPS) is 34.6. The molecule has 42 heavy (non-hydrogen) atoms. The van der Waals surface area contributed by atoms with Gasteiger partial charge in [-0.15, -0.1) is 0 Å². The second kappa shape index (κ2) is 7.44. The van der Waals surface area contributed by atoms with Crippen molar-refractivity contribution in [3.05, 3.63) is 53.2 Å². The van der Waals surface area contributed by atoms with Crippen LogP contribution < -0.4 is 20.7 Å². The average molecular weight is 572 g/mol. The SMILES string of the molecule is CN(C)C(=O)C12C3C4C1C1C2C3C41CNC(=O)c1cc(C(=O)NCc2ccc3c(c2)NC(=O)CO3)nc2c(F)cnn12. The van der Waals surface area contributed by atoms with Gasteiger partial charge in [0.15, 0.2) is 18.1 Å². The largest absolute Gasteiger partial charge is 0.482 e. The number of carbonyl (C=O) groups excluding carboxylic acids is 4. The summed E-state index contributed by atoms with van der Waals surface area (Å²) >= 11 is 0. The fourth-order valence-electron chi connectivity index (χ4n) is 9.97. The molecule has 0 saturated heterocycles. The van der Waals surface area contributed by atoms with Gasteiger partial charge in [-0.2, -0.15) is 5.10 Å². The lowest BCUT2D eigenvalue weighted by molar-refractivity contribution is -0.639. The third-order valence-corrected chi connectivity index (χ3v) is 11.2. The van der Waals surface area contributed by atoms with E-state index in [9.17, 15) is 23.6 Å². The second-order valence-corrected chi connectivity index (χ2v) is 12.7. The molecule has 4 amide bonds. The Morgan fingerprint density at radius 3 is 2.55 bits per heavy atom. The Kier molecular flexibility index (Phi) is 4.27.